The Hall–Kier alpha value is -0.290. The zero-order chi connectivity index (χ0) is 11.5. The molecule has 0 aromatic carbocycles. The van der Waals surface area contributed by atoms with Crippen molar-refractivity contribution in [1.82, 2.24) is 4.90 Å². The number of hydrogen-bond acceptors (Lipinski definition) is 2. The number of halogens is 3. The highest BCUT2D eigenvalue weighted by molar-refractivity contribution is 4.83. The first kappa shape index (κ1) is 12.8. The maximum atomic E-state index is 12.3. The number of hydrogen-bond donors (Lipinski definition) is 1. The molecule has 90 valence electrons. The van der Waals surface area contributed by atoms with Crippen LogP contribution in [0.3, 0.4) is 0 Å². The molecule has 0 aromatic heterocycles. The van der Waals surface area contributed by atoms with Crippen molar-refractivity contribution in [2.24, 2.45) is 0 Å². The van der Waals surface area contributed by atoms with Crippen molar-refractivity contribution in [3.63, 3.8) is 0 Å². The second-order valence-electron chi connectivity index (χ2n) is 4.10. The smallest absolute Gasteiger partial charge is 0.391 e. The van der Waals surface area contributed by atoms with Crippen LogP contribution in [0.1, 0.15) is 32.6 Å². The van der Waals surface area contributed by atoms with Crippen molar-refractivity contribution < 1.29 is 18.3 Å². The van der Waals surface area contributed by atoms with Crippen molar-refractivity contribution in [2.45, 2.75) is 50.9 Å². The SMILES string of the molecule is CCN(CC(F)(F)F)C1CCCCC1O. The van der Waals surface area contributed by atoms with Crippen molar-refractivity contribution in [1.29, 1.82) is 0 Å². The van der Waals surface area contributed by atoms with E-state index in [4.69, 9.17) is 0 Å². The van der Waals surface area contributed by atoms with Gasteiger partial charge in [-0.25, -0.2) is 0 Å². The molecule has 0 amide bonds. The van der Waals surface area contributed by atoms with Crippen LogP contribution < -0.4 is 0 Å². The molecule has 15 heavy (non-hydrogen) atoms. The van der Waals surface area contributed by atoms with Crippen LogP contribution >= 0.6 is 0 Å². The molecule has 0 aliphatic heterocycles. The lowest BCUT2D eigenvalue weighted by Gasteiger charge is -2.37. The van der Waals surface area contributed by atoms with E-state index in [1.165, 1.54) is 4.90 Å². The van der Waals surface area contributed by atoms with Gasteiger partial charge in [0.1, 0.15) is 0 Å². The molecule has 2 atom stereocenters. The van der Waals surface area contributed by atoms with Gasteiger partial charge in [0.2, 0.25) is 0 Å². The largest absolute Gasteiger partial charge is 0.401 e. The van der Waals surface area contributed by atoms with Gasteiger partial charge in [-0.15, -0.1) is 0 Å². The molecule has 0 bridgehead atoms. The van der Waals surface area contributed by atoms with Crippen LogP contribution in [0, 0.1) is 0 Å². The molecule has 0 radical (unpaired) electrons. The average molecular weight is 225 g/mol. The van der Waals surface area contributed by atoms with E-state index in [0.717, 1.165) is 12.8 Å². The van der Waals surface area contributed by atoms with Gasteiger partial charge in [0, 0.05) is 6.04 Å². The summed E-state index contributed by atoms with van der Waals surface area (Å²) in [5.41, 5.74) is 0. The van der Waals surface area contributed by atoms with Crippen molar-refractivity contribution in [3.8, 4) is 0 Å². The molecule has 0 aromatic rings. The molecule has 2 nitrogen and oxygen atoms in total. The molecule has 1 rings (SSSR count). The lowest BCUT2D eigenvalue weighted by molar-refractivity contribution is -0.157. The Balaban J connectivity index is 2.56. The third-order valence-corrected chi connectivity index (χ3v) is 2.95. The lowest BCUT2D eigenvalue weighted by Crippen LogP contribution is -2.48. The van der Waals surface area contributed by atoms with Crippen LogP contribution in [0.5, 0.6) is 0 Å². The van der Waals surface area contributed by atoms with Gasteiger partial charge in [-0.2, -0.15) is 13.2 Å². The van der Waals surface area contributed by atoms with Crippen LogP contribution in [0.2, 0.25) is 0 Å². The summed E-state index contributed by atoms with van der Waals surface area (Å²) in [4.78, 5) is 1.34. The second kappa shape index (κ2) is 5.16. The Morgan fingerprint density at radius 1 is 1.27 bits per heavy atom. The summed E-state index contributed by atoms with van der Waals surface area (Å²) in [6, 6.07) is -0.314. The fourth-order valence-corrected chi connectivity index (χ4v) is 2.21. The summed E-state index contributed by atoms with van der Waals surface area (Å²) in [5.74, 6) is 0. The predicted molar refractivity (Wildman–Crippen MR) is 51.6 cm³/mol. The van der Waals surface area contributed by atoms with Gasteiger partial charge in [-0.05, 0) is 19.4 Å². The minimum Gasteiger partial charge on any atom is -0.391 e. The van der Waals surface area contributed by atoms with Crippen LogP contribution in [0.4, 0.5) is 13.2 Å². The minimum atomic E-state index is -4.17. The number of nitrogens with zero attached hydrogens (tertiary/aromatic N) is 1. The van der Waals surface area contributed by atoms with E-state index >= 15 is 0 Å². The maximum Gasteiger partial charge on any atom is 0.401 e. The van der Waals surface area contributed by atoms with Crippen molar-refractivity contribution >= 4 is 0 Å². The molecule has 1 fully saturated rings. The van der Waals surface area contributed by atoms with Crippen LogP contribution in [-0.4, -0.2) is 41.4 Å². The van der Waals surface area contributed by atoms with Gasteiger partial charge in [0.05, 0.1) is 12.6 Å². The quantitative estimate of drug-likeness (QED) is 0.795. The van der Waals surface area contributed by atoms with Crippen molar-refractivity contribution in [3.05, 3.63) is 0 Å². The minimum absolute atomic E-state index is 0.314. The summed E-state index contributed by atoms with van der Waals surface area (Å²) in [6.07, 6.45) is -1.64. The fourth-order valence-electron chi connectivity index (χ4n) is 2.21. The zero-order valence-corrected chi connectivity index (χ0v) is 8.93. The molecule has 5 heteroatoms. The first-order chi connectivity index (χ1) is 6.94. The Kier molecular flexibility index (Phi) is 4.40. The third-order valence-electron chi connectivity index (χ3n) is 2.95. The normalized spacial score (nSPS) is 28.4. The lowest BCUT2D eigenvalue weighted by atomic mass is 9.91. The highest BCUT2D eigenvalue weighted by atomic mass is 19.4. The van der Waals surface area contributed by atoms with Gasteiger partial charge in [-0.3, -0.25) is 4.90 Å². The molecule has 0 saturated heterocycles. The highest BCUT2D eigenvalue weighted by Crippen LogP contribution is 2.26. The number of aliphatic hydroxyl groups excluding tert-OH is 1. The van der Waals surface area contributed by atoms with Crippen LogP contribution in [0.15, 0.2) is 0 Å². The Morgan fingerprint density at radius 2 is 1.87 bits per heavy atom. The first-order valence-corrected chi connectivity index (χ1v) is 5.43. The van der Waals surface area contributed by atoms with E-state index in [9.17, 15) is 18.3 Å². The Labute approximate surface area is 88.1 Å². The molecule has 1 aliphatic carbocycles. The number of likely N-dealkylation sites (N-methyl/N-ethyl adjacent to an activating group) is 1. The maximum absolute atomic E-state index is 12.3. The topological polar surface area (TPSA) is 23.5 Å². The van der Waals surface area contributed by atoms with Crippen molar-refractivity contribution in [2.75, 3.05) is 13.1 Å². The van der Waals surface area contributed by atoms with Gasteiger partial charge in [0.15, 0.2) is 0 Å². The standard InChI is InChI=1S/C10H18F3NO/c1-2-14(7-10(11,12)13)8-5-3-4-6-9(8)15/h8-9,15H,2-7H2,1H3. The number of rotatable bonds is 3. The van der Waals surface area contributed by atoms with E-state index in [2.05, 4.69) is 0 Å². The predicted octanol–water partition coefficient (Wildman–Crippen LogP) is 2.17. The molecule has 2 unspecified atom stereocenters. The van der Waals surface area contributed by atoms with E-state index in [1.54, 1.807) is 6.92 Å². The summed E-state index contributed by atoms with van der Waals surface area (Å²) in [6.45, 7) is 1.12. The van der Waals surface area contributed by atoms with E-state index in [1.807, 2.05) is 0 Å². The van der Waals surface area contributed by atoms with E-state index < -0.39 is 18.8 Å². The van der Waals surface area contributed by atoms with Crippen LogP contribution in [0.25, 0.3) is 0 Å². The fraction of sp³-hybridized carbons (Fsp3) is 1.00. The first-order valence-electron chi connectivity index (χ1n) is 5.43. The number of alkyl halides is 3. The molecule has 0 heterocycles. The Morgan fingerprint density at radius 3 is 2.33 bits per heavy atom. The molecule has 1 aliphatic rings. The summed E-state index contributed by atoms with van der Waals surface area (Å²) in [7, 11) is 0. The van der Waals surface area contributed by atoms with Crippen LogP contribution in [-0.2, 0) is 0 Å². The Bertz CT molecular complexity index is 196. The highest BCUT2D eigenvalue weighted by Gasteiger charge is 2.36. The number of aliphatic hydroxyl groups is 1. The zero-order valence-electron chi connectivity index (χ0n) is 8.93. The van der Waals surface area contributed by atoms with E-state index in [0.29, 0.717) is 19.4 Å². The van der Waals surface area contributed by atoms with Gasteiger partial charge >= 0.3 is 6.18 Å². The average Bonchev–Trinajstić information content (AvgIpc) is 2.14. The second-order valence-corrected chi connectivity index (χ2v) is 4.10. The molecule has 0 spiro atoms. The molecule has 1 saturated carbocycles. The molecular weight excluding hydrogens is 207 g/mol. The monoisotopic (exact) mass is 225 g/mol. The van der Waals surface area contributed by atoms with E-state index in [-0.39, 0.29) is 6.04 Å². The molecular formula is C10H18F3NO. The van der Waals surface area contributed by atoms with Gasteiger partial charge in [0.25, 0.3) is 0 Å². The van der Waals surface area contributed by atoms with Gasteiger partial charge in [-0.1, -0.05) is 19.8 Å². The summed E-state index contributed by atoms with van der Waals surface area (Å²) in [5, 5.41) is 9.66. The summed E-state index contributed by atoms with van der Waals surface area (Å²) >= 11 is 0. The van der Waals surface area contributed by atoms with Gasteiger partial charge < -0.3 is 5.11 Å². The molecule has 1 N–H and O–H groups in total. The summed E-state index contributed by atoms with van der Waals surface area (Å²) < 4.78 is 36.8. The third kappa shape index (κ3) is 3.99.